The van der Waals surface area contributed by atoms with Crippen molar-refractivity contribution >= 4 is 12.2 Å². The second-order valence-corrected chi connectivity index (χ2v) is 0.204. The molecule has 0 fully saturated rings. The van der Waals surface area contributed by atoms with Crippen LogP contribution in [0.4, 0.5) is 0 Å². The number of isocyanates is 2. The minimum absolute atomic E-state index is 0. The molecule has 6 nitrogen and oxygen atoms in total. The van der Waals surface area contributed by atoms with Crippen LogP contribution in [-0.2, 0) is 9.59 Å². The fraction of sp³-hybridized carbons (Fsp3) is 0. The molecule has 0 bridgehead atoms. The molecule has 0 saturated carbocycles. The lowest BCUT2D eigenvalue weighted by atomic mass is 11.7. The quantitative estimate of drug-likeness (QED) is 0.265. The molecule has 48 valence electrons. The Morgan fingerprint density at radius 3 is 0.875 bits per heavy atom. The lowest BCUT2D eigenvalue weighted by Gasteiger charge is -1.02. The zero-order chi connectivity index (χ0) is 5.41. The van der Waals surface area contributed by atoms with Crippen LogP contribution in [0.3, 0.4) is 0 Å². The molecule has 0 aliphatic carbocycles. The van der Waals surface area contributed by atoms with Gasteiger partial charge in [-0.15, -0.1) is 0 Å². The third-order valence-corrected chi connectivity index (χ3v) is 0. The van der Waals surface area contributed by atoms with Gasteiger partial charge >= 0.3 is 0 Å². The first-order valence-electron chi connectivity index (χ1n) is 0.908. The summed E-state index contributed by atoms with van der Waals surface area (Å²) in [5.74, 6) is 0. The molecule has 0 aromatic carbocycles. The Kier molecular flexibility index (Phi) is 1010. The summed E-state index contributed by atoms with van der Waals surface area (Å²) >= 11 is 0. The largest absolute Gasteiger partial charge is 0.344 e. The van der Waals surface area contributed by atoms with E-state index in [9.17, 15) is 0 Å². The third-order valence-electron chi connectivity index (χ3n) is 0. The number of hydrogen-bond donors (Lipinski definition) is 4. The molecule has 0 amide bonds. The van der Waals surface area contributed by atoms with Gasteiger partial charge in [0.05, 0.1) is 0 Å². The van der Waals surface area contributed by atoms with E-state index in [1.807, 2.05) is 0 Å². The molecule has 0 atom stereocenters. The smallest absolute Gasteiger partial charge is 0.231 e. The summed E-state index contributed by atoms with van der Waals surface area (Å²) in [5.41, 5.74) is 0. The van der Waals surface area contributed by atoms with Crippen molar-refractivity contribution in [2.24, 2.45) is 0 Å². The molecule has 0 aromatic rings. The highest BCUT2D eigenvalue weighted by Gasteiger charge is 1.04. The molecule has 0 aliphatic rings. The average molecular weight is 120 g/mol. The van der Waals surface area contributed by atoms with Crippen LogP contribution in [0.2, 0.25) is 0 Å². The Morgan fingerprint density at radius 1 is 0.875 bits per heavy atom. The minimum Gasteiger partial charge on any atom is -0.344 e. The standard InChI is InChI=1S/2CHNO.2H3N/c2*2-1-3;;/h2*2H;2*1H3. The van der Waals surface area contributed by atoms with Gasteiger partial charge in [0.2, 0.25) is 12.2 Å². The molecule has 0 rings (SSSR count). The van der Waals surface area contributed by atoms with Crippen molar-refractivity contribution in [2.75, 3.05) is 0 Å². The first-order valence-corrected chi connectivity index (χ1v) is 0.908. The van der Waals surface area contributed by atoms with Gasteiger partial charge < -0.3 is 12.3 Å². The number of nitrogens with one attached hydrogen (secondary N) is 2. The highest BCUT2D eigenvalue weighted by molar-refractivity contribution is 5.26. The molecule has 6 heteroatoms. The van der Waals surface area contributed by atoms with Gasteiger partial charge in [0, 0.05) is 0 Å². The Morgan fingerprint density at radius 2 is 0.875 bits per heavy atom. The van der Waals surface area contributed by atoms with E-state index in [0.29, 0.717) is 0 Å². The van der Waals surface area contributed by atoms with Gasteiger partial charge in [0.25, 0.3) is 0 Å². The fourth-order valence-corrected chi connectivity index (χ4v) is 0. The van der Waals surface area contributed by atoms with Crippen molar-refractivity contribution in [1.82, 2.24) is 12.3 Å². The van der Waals surface area contributed by atoms with E-state index in [-0.39, 0.29) is 12.3 Å². The van der Waals surface area contributed by atoms with E-state index < -0.39 is 0 Å². The second kappa shape index (κ2) is 269. The van der Waals surface area contributed by atoms with Crippen LogP contribution in [0.5, 0.6) is 0 Å². The first-order chi connectivity index (χ1) is 2.83. The first kappa shape index (κ1) is 30.0. The topological polar surface area (TPSA) is 152 Å². The summed E-state index contributed by atoms with van der Waals surface area (Å²) in [6.07, 6.45) is 1.50. The maximum Gasteiger partial charge on any atom is 0.231 e. The normalized spacial score (nSPS) is 2.00. The average Bonchev–Trinajstić information content (AvgIpc) is 1.39. The van der Waals surface area contributed by atoms with Gasteiger partial charge in [0.15, 0.2) is 0 Å². The predicted octanol–water partition coefficient (Wildman–Crippen LogP) is 0.126. The summed E-state index contributed by atoms with van der Waals surface area (Å²) in [6, 6.07) is 0. The van der Waals surface area contributed by atoms with Crippen LogP contribution in [0.15, 0.2) is 0 Å². The van der Waals surface area contributed by atoms with Crippen LogP contribution in [0.1, 0.15) is 0 Å². The summed E-state index contributed by atoms with van der Waals surface area (Å²) < 4.78 is 0. The molecule has 8 heavy (non-hydrogen) atoms. The summed E-state index contributed by atoms with van der Waals surface area (Å²) in [7, 11) is 0. The SMILES string of the molecule is N.N.N=C=O.N=C=O. The van der Waals surface area contributed by atoms with E-state index in [2.05, 4.69) is 0 Å². The van der Waals surface area contributed by atoms with Crippen molar-refractivity contribution < 1.29 is 9.59 Å². The molecule has 0 saturated heterocycles. The molecule has 0 aliphatic heterocycles. The molecule has 0 heterocycles. The lowest BCUT2D eigenvalue weighted by Crippen LogP contribution is -1.16. The minimum atomic E-state index is 0. The monoisotopic (exact) mass is 120 g/mol. The van der Waals surface area contributed by atoms with E-state index in [0.717, 1.165) is 12.2 Å². The van der Waals surface area contributed by atoms with Gasteiger partial charge in [-0.1, -0.05) is 0 Å². The maximum atomic E-state index is 8.35. The Labute approximate surface area is 46.1 Å². The molecule has 8 N–H and O–H groups in total. The van der Waals surface area contributed by atoms with E-state index in [1.165, 1.54) is 0 Å². The molecule has 0 radical (unpaired) electrons. The van der Waals surface area contributed by atoms with Gasteiger partial charge in [-0.05, 0) is 0 Å². The zero-order valence-electron chi connectivity index (χ0n) is 4.23. The van der Waals surface area contributed by atoms with Crippen LogP contribution in [-0.4, -0.2) is 12.2 Å². The molecule has 0 aromatic heterocycles. The van der Waals surface area contributed by atoms with Gasteiger partial charge in [-0.3, -0.25) is 0 Å². The number of hydrogen-bond acceptors (Lipinski definition) is 6. The van der Waals surface area contributed by atoms with Crippen molar-refractivity contribution in [3.63, 3.8) is 0 Å². The van der Waals surface area contributed by atoms with E-state index in [1.54, 1.807) is 0 Å². The number of rotatable bonds is 0. The van der Waals surface area contributed by atoms with Gasteiger partial charge in [-0.2, -0.15) is 0 Å². The van der Waals surface area contributed by atoms with Gasteiger partial charge in [-0.25, -0.2) is 20.4 Å². The zero-order valence-corrected chi connectivity index (χ0v) is 4.23. The molecular formula is C2H8N4O2. The Hall–Kier alpha value is -1.32. The second-order valence-electron chi connectivity index (χ2n) is 0.204. The number of carbonyl (C=O) groups excluding carboxylic acids is 2. The summed E-state index contributed by atoms with van der Waals surface area (Å²) in [6.45, 7) is 0. The van der Waals surface area contributed by atoms with Crippen LogP contribution < -0.4 is 12.3 Å². The predicted molar refractivity (Wildman–Crippen MR) is 26.9 cm³/mol. The third kappa shape index (κ3) is 36.4. The van der Waals surface area contributed by atoms with Crippen LogP contribution >= 0.6 is 0 Å². The summed E-state index contributed by atoms with van der Waals surface area (Å²) in [5, 5.41) is 10.8. The van der Waals surface area contributed by atoms with E-state index >= 15 is 0 Å². The van der Waals surface area contributed by atoms with Gasteiger partial charge in [0.1, 0.15) is 0 Å². The van der Waals surface area contributed by atoms with Crippen molar-refractivity contribution in [3.05, 3.63) is 0 Å². The van der Waals surface area contributed by atoms with Crippen molar-refractivity contribution in [1.29, 1.82) is 10.8 Å². The Bertz CT molecular complexity index is 66.0. The fourth-order valence-electron chi connectivity index (χ4n) is 0. The van der Waals surface area contributed by atoms with E-state index in [4.69, 9.17) is 20.4 Å². The molecule has 0 spiro atoms. The summed E-state index contributed by atoms with van der Waals surface area (Å²) in [4.78, 5) is 16.7. The van der Waals surface area contributed by atoms with Crippen LogP contribution in [0.25, 0.3) is 0 Å². The van der Waals surface area contributed by atoms with Crippen molar-refractivity contribution in [2.45, 2.75) is 0 Å². The Balaban J connectivity index is -0.0000000160. The highest BCUT2D eigenvalue weighted by Crippen LogP contribution is 0.871. The van der Waals surface area contributed by atoms with Crippen molar-refractivity contribution in [3.8, 4) is 0 Å². The maximum absolute atomic E-state index is 8.35. The molecule has 0 unspecified atom stereocenters. The molecular weight excluding hydrogens is 112 g/mol. The highest BCUT2D eigenvalue weighted by atomic mass is 16.1. The van der Waals surface area contributed by atoms with Crippen LogP contribution in [0, 0.1) is 10.8 Å². The lowest BCUT2D eigenvalue weighted by molar-refractivity contribution is 0.562.